The molecular weight excluding hydrogens is 542 g/mol. The Balaban J connectivity index is 0.000000317. The molecule has 16 heteroatoms. The second-order valence-corrected chi connectivity index (χ2v) is 9.16. The van der Waals surface area contributed by atoms with Crippen LogP contribution in [-0.4, -0.2) is 126 Å². The van der Waals surface area contributed by atoms with Gasteiger partial charge in [0, 0.05) is 63.7 Å². The second kappa shape index (κ2) is 14.1. The number of aromatic nitrogens is 1. The van der Waals surface area contributed by atoms with Crippen LogP contribution in [0.3, 0.4) is 0 Å². The van der Waals surface area contributed by atoms with Crippen molar-refractivity contribution in [1.29, 1.82) is 0 Å². The number of carbonyl (C=O) groups is 2. The lowest BCUT2D eigenvalue weighted by Gasteiger charge is -2.39. The molecule has 0 aliphatic carbocycles. The van der Waals surface area contributed by atoms with E-state index in [4.69, 9.17) is 29.3 Å². The summed E-state index contributed by atoms with van der Waals surface area (Å²) in [4.78, 5) is 29.8. The average molecular weight is 575 g/mol. The van der Waals surface area contributed by atoms with Crippen LogP contribution < -0.4 is 4.74 Å². The minimum atomic E-state index is -5.08. The first-order valence-electron chi connectivity index (χ1n) is 12.0. The first-order chi connectivity index (χ1) is 18.1. The van der Waals surface area contributed by atoms with Gasteiger partial charge in [0.25, 0.3) is 0 Å². The largest absolute Gasteiger partial charge is 0.490 e. The van der Waals surface area contributed by atoms with E-state index in [0.717, 1.165) is 58.2 Å². The third kappa shape index (κ3) is 9.77. The van der Waals surface area contributed by atoms with Gasteiger partial charge in [-0.1, -0.05) is 6.07 Å². The smallest absolute Gasteiger partial charge is 0.481 e. The van der Waals surface area contributed by atoms with Crippen LogP contribution in [0.5, 0.6) is 5.88 Å². The number of rotatable bonds is 4. The fraction of sp³-hybridized carbons (Fsp3) is 0.696. The fourth-order valence-corrected chi connectivity index (χ4v) is 4.63. The van der Waals surface area contributed by atoms with Crippen molar-refractivity contribution in [2.75, 3.05) is 53.5 Å². The molecule has 4 heterocycles. The Hall–Kier alpha value is -2.69. The molecule has 0 unspecified atom stereocenters. The quantitative estimate of drug-likeness (QED) is 0.520. The zero-order valence-corrected chi connectivity index (χ0v) is 21.4. The first-order valence-corrected chi connectivity index (χ1v) is 12.0. The lowest BCUT2D eigenvalue weighted by molar-refractivity contribution is -0.193. The first kappa shape index (κ1) is 32.5. The standard InChI is InChI=1S/C19H30N4O2.2C2HF3O2/c1-21-8-10-22(11-9-21)17-14-23(16-6-4-12-25-18(16)17)13-15-5-3-7-20-19(15)24-2;2*3-2(4,5)1(6)7/h3,5,7,16-18H,4,6,8-14H2,1-2H3;2*(H,6,7)/t16-,17-,18+;;/m0../s1. The number of carboxylic acids is 2. The van der Waals surface area contributed by atoms with E-state index in [2.05, 4.69) is 32.8 Å². The molecule has 0 spiro atoms. The lowest BCUT2D eigenvalue weighted by atomic mass is 9.99. The molecule has 3 aliphatic heterocycles. The highest BCUT2D eigenvalue weighted by Crippen LogP contribution is 2.34. The maximum Gasteiger partial charge on any atom is 0.490 e. The number of alkyl halides is 6. The molecule has 3 fully saturated rings. The van der Waals surface area contributed by atoms with Gasteiger partial charge < -0.3 is 24.6 Å². The van der Waals surface area contributed by atoms with E-state index in [0.29, 0.717) is 18.2 Å². The van der Waals surface area contributed by atoms with E-state index in [1.165, 1.54) is 12.0 Å². The topological polar surface area (TPSA) is 116 Å². The number of methoxy groups -OCH3 is 1. The summed E-state index contributed by atoms with van der Waals surface area (Å²) in [6.45, 7) is 7.50. The molecule has 0 amide bonds. The van der Waals surface area contributed by atoms with Gasteiger partial charge in [-0.05, 0) is 26.0 Å². The van der Waals surface area contributed by atoms with Crippen molar-refractivity contribution in [2.24, 2.45) is 0 Å². The van der Waals surface area contributed by atoms with Crippen LogP contribution in [0.1, 0.15) is 18.4 Å². The van der Waals surface area contributed by atoms with Gasteiger partial charge in [0.15, 0.2) is 0 Å². The number of piperazine rings is 1. The molecule has 1 aromatic heterocycles. The Morgan fingerprint density at radius 1 is 1.05 bits per heavy atom. The van der Waals surface area contributed by atoms with Gasteiger partial charge in [-0.2, -0.15) is 26.3 Å². The highest BCUT2D eigenvalue weighted by Gasteiger charge is 2.46. The summed E-state index contributed by atoms with van der Waals surface area (Å²) in [6, 6.07) is 5.17. The predicted octanol–water partition coefficient (Wildman–Crippen LogP) is 2.34. The number of halogens is 6. The van der Waals surface area contributed by atoms with Crippen LogP contribution in [0.25, 0.3) is 0 Å². The zero-order valence-electron chi connectivity index (χ0n) is 21.4. The summed E-state index contributed by atoms with van der Waals surface area (Å²) >= 11 is 0. The molecule has 39 heavy (non-hydrogen) atoms. The van der Waals surface area contributed by atoms with Crippen molar-refractivity contribution >= 4 is 11.9 Å². The highest BCUT2D eigenvalue weighted by atomic mass is 19.4. The molecule has 3 saturated heterocycles. The van der Waals surface area contributed by atoms with E-state index in [9.17, 15) is 26.3 Å². The number of aliphatic carboxylic acids is 2. The van der Waals surface area contributed by atoms with Crippen molar-refractivity contribution in [3.8, 4) is 5.88 Å². The number of nitrogens with zero attached hydrogens (tertiary/aromatic N) is 4. The molecule has 4 rings (SSSR count). The van der Waals surface area contributed by atoms with E-state index < -0.39 is 24.3 Å². The van der Waals surface area contributed by atoms with Gasteiger partial charge in [-0.15, -0.1) is 0 Å². The summed E-state index contributed by atoms with van der Waals surface area (Å²) in [7, 11) is 3.92. The fourth-order valence-electron chi connectivity index (χ4n) is 4.63. The Labute approximate surface area is 221 Å². The van der Waals surface area contributed by atoms with Crippen molar-refractivity contribution < 1.29 is 55.6 Å². The number of hydrogen-bond donors (Lipinski definition) is 2. The maximum absolute atomic E-state index is 10.6. The Morgan fingerprint density at radius 2 is 1.62 bits per heavy atom. The van der Waals surface area contributed by atoms with Gasteiger partial charge >= 0.3 is 24.3 Å². The predicted molar refractivity (Wildman–Crippen MR) is 124 cm³/mol. The number of carboxylic acid groups (broad SMARTS) is 2. The highest BCUT2D eigenvalue weighted by molar-refractivity contribution is 5.73. The van der Waals surface area contributed by atoms with Crippen molar-refractivity contribution in [2.45, 2.75) is 49.9 Å². The van der Waals surface area contributed by atoms with E-state index >= 15 is 0 Å². The normalized spacial score (nSPS) is 24.5. The minimum absolute atomic E-state index is 0.347. The van der Waals surface area contributed by atoms with Crippen molar-refractivity contribution in [3.05, 3.63) is 23.9 Å². The van der Waals surface area contributed by atoms with Crippen molar-refractivity contribution in [1.82, 2.24) is 19.7 Å². The van der Waals surface area contributed by atoms with Gasteiger partial charge in [-0.25, -0.2) is 14.6 Å². The molecule has 2 N–H and O–H groups in total. The second-order valence-electron chi connectivity index (χ2n) is 9.16. The molecular formula is C23H32F6N4O6. The zero-order chi connectivity index (χ0) is 29.4. The molecule has 222 valence electrons. The van der Waals surface area contributed by atoms with Crippen LogP contribution in [0, 0.1) is 0 Å². The van der Waals surface area contributed by atoms with Crippen LogP contribution >= 0.6 is 0 Å². The van der Waals surface area contributed by atoms with Gasteiger partial charge in [0.05, 0.1) is 19.3 Å². The van der Waals surface area contributed by atoms with Crippen LogP contribution in [0.4, 0.5) is 26.3 Å². The van der Waals surface area contributed by atoms with Crippen molar-refractivity contribution in [3.63, 3.8) is 0 Å². The molecule has 10 nitrogen and oxygen atoms in total. The number of pyridine rings is 1. The minimum Gasteiger partial charge on any atom is -0.481 e. The maximum atomic E-state index is 10.6. The Bertz CT molecular complexity index is 918. The van der Waals surface area contributed by atoms with E-state index in [1.807, 2.05) is 6.07 Å². The third-order valence-electron chi connectivity index (χ3n) is 6.51. The van der Waals surface area contributed by atoms with E-state index in [-0.39, 0.29) is 0 Å². The lowest BCUT2D eigenvalue weighted by Crippen LogP contribution is -2.54. The van der Waals surface area contributed by atoms with Gasteiger partial charge in [0.2, 0.25) is 5.88 Å². The van der Waals surface area contributed by atoms with Gasteiger partial charge in [-0.3, -0.25) is 9.80 Å². The number of likely N-dealkylation sites (N-methyl/N-ethyl adjacent to an activating group) is 1. The Kier molecular flexibility index (Phi) is 11.8. The number of hydrogen-bond acceptors (Lipinski definition) is 8. The Morgan fingerprint density at radius 3 is 2.13 bits per heavy atom. The third-order valence-corrected chi connectivity index (χ3v) is 6.51. The van der Waals surface area contributed by atoms with Crippen LogP contribution in [0.2, 0.25) is 0 Å². The summed E-state index contributed by atoms with van der Waals surface area (Å²) in [5.41, 5.74) is 1.17. The van der Waals surface area contributed by atoms with E-state index in [1.54, 1.807) is 13.3 Å². The molecule has 0 aromatic carbocycles. The molecule has 0 bridgehead atoms. The summed E-state index contributed by atoms with van der Waals surface area (Å²) in [5.74, 6) is -4.76. The van der Waals surface area contributed by atoms with Crippen LogP contribution in [0.15, 0.2) is 18.3 Å². The molecule has 3 aliphatic rings. The number of likely N-dealkylation sites (tertiary alicyclic amines) is 1. The van der Waals surface area contributed by atoms with Gasteiger partial charge in [0.1, 0.15) is 0 Å². The molecule has 3 atom stereocenters. The number of fused-ring (bicyclic) bond motifs is 1. The summed E-state index contributed by atoms with van der Waals surface area (Å²) in [6.07, 6.45) is -5.62. The van der Waals surface area contributed by atoms with Crippen LogP contribution in [-0.2, 0) is 20.9 Å². The average Bonchev–Trinajstić information content (AvgIpc) is 3.23. The molecule has 0 radical (unpaired) electrons. The summed E-state index contributed by atoms with van der Waals surface area (Å²) in [5, 5.41) is 14.2. The molecule has 1 aromatic rings. The monoisotopic (exact) mass is 574 g/mol. The molecule has 0 saturated carbocycles. The summed E-state index contributed by atoms with van der Waals surface area (Å²) < 4.78 is 75.2. The number of ether oxygens (including phenoxy) is 2. The SMILES string of the molecule is COc1ncccc1CN1C[C@H](N2CCN(C)CC2)[C@@H]2OCCC[C@@H]21.O=C(O)C(F)(F)F.O=C(O)C(F)(F)F.